The van der Waals surface area contributed by atoms with Crippen molar-refractivity contribution in [1.29, 1.82) is 0 Å². The number of benzene rings is 1. The topological polar surface area (TPSA) is 78.7 Å². The number of aliphatic hydroxyl groups is 1. The van der Waals surface area contributed by atoms with Crippen LogP contribution in [0, 0.1) is 13.8 Å². The van der Waals surface area contributed by atoms with E-state index in [0.717, 1.165) is 24.2 Å². The predicted molar refractivity (Wildman–Crippen MR) is 111 cm³/mol. The van der Waals surface area contributed by atoms with Crippen LogP contribution >= 0.6 is 0 Å². The van der Waals surface area contributed by atoms with Crippen molar-refractivity contribution < 1.29 is 14.7 Å². The van der Waals surface area contributed by atoms with Gasteiger partial charge >= 0.3 is 0 Å². The maximum absolute atomic E-state index is 13.0. The van der Waals surface area contributed by atoms with Crippen LogP contribution in [0.15, 0.2) is 35.9 Å². The molecule has 0 radical (unpaired) electrons. The molecule has 7 nitrogen and oxygen atoms in total. The van der Waals surface area contributed by atoms with Crippen LogP contribution in [0.4, 0.5) is 0 Å². The molecule has 0 spiro atoms. The monoisotopic (exact) mass is 396 g/mol. The fourth-order valence-corrected chi connectivity index (χ4v) is 3.90. The number of amides is 1. The molecule has 29 heavy (non-hydrogen) atoms. The first-order valence-electron chi connectivity index (χ1n) is 9.72. The summed E-state index contributed by atoms with van der Waals surface area (Å²) in [6.07, 6.45) is 0.730. The number of aryl methyl sites for hydroxylation is 2. The summed E-state index contributed by atoms with van der Waals surface area (Å²) in [4.78, 5) is 29.5. The van der Waals surface area contributed by atoms with Crippen LogP contribution in [0.5, 0.6) is 0 Å². The summed E-state index contributed by atoms with van der Waals surface area (Å²) in [5.41, 5.74) is 2.81. The maximum atomic E-state index is 13.0. The fraction of sp³-hybridized carbons (Fsp3) is 0.409. The molecule has 1 amide bonds. The standard InChI is InChI=1S/C22H28N4O3/c1-14-17(15(2)25(5)23-14)20(27)18-19(16-10-7-6-8-11-16)26(22(29)21(18)28)13-9-12-24(3)4/h6-8,10-11,19,27H,9,12-13H2,1-5H3/b20-18+/t19-/m0/s1. The molecule has 1 fully saturated rings. The van der Waals surface area contributed by atoms with E-state index in [0.29, 0.717) is 17.8 Å². The minimum atomic E-state index is -0.649. The van der Waals surface area contributed by atoms with Gasteiger partial charge in [0.15, 0.2) is 0 Å². The summed E-state index contributed by atoms with van der Waals surface area (Å²) >= 11 is 0. The van der Waals surface area contributed by atoms with E-state index in [4.69, 9.17) is 0 Å². The zero-order valence-electron chi connectivity index (χ0n) is 17.6. The molecule has 7 heteroatoms. The van der Waals surface area contributed by atoms with Crippen molar-refractivity contribution in [2.24, 2.45) is 7.05 Å². The number of hydrogen-bond donors (Lipinski definition) is 1. The summed E-state index contributed by atoms with van der Waals surface area (Å²) in [6.45, 7) is 4.85. The van der Waals surface area contributed by atoms with Gasteiger partial charge in [-0.2, -0.15) is 5.10 Å². The number of carbonyl (C=O) groups is 2. The summed E-state index contributed by atoms with van der Waals surface area (Å²) in [6, 6.07) is 8.78. The smallest absolute Gasteiger partial charge is 0.295 e. The number of likely N-dealkylation sites (tertiary alicyclic amines) is 1. The third-order valence-corrected chi connectivity index (χ3v) is 5.41. The molecule has 3 rings (SSSR count). The van der Waals surface area contributed by atoms with Gasteiger partial charge in [0.25, 0.3) is 11.7 Å². The van der Waals surface area contributed by atoms with Crippen molar-refractivity contribution >= 4 is 17.4 Å². The molecule has 1 atom stereocenters. The number of hydrogen-bond acceptors (Lipinski definition) is 5. The molecule has 1 aliphatic rings. The number of aliphatic hydroxyl groups excluding tert-OH is 1. The summed E-state index contributed by atoms with van der Waals surface area (Å²) < 4.78 is 1.66. The van der Waals surface area contributed by atoms with Gasteiger partial charge < -0.3 is 14.9 Å². The zero-order valence-corrected chi connectivity index (χ0v) is 17.6. The molecule has 0 aliphatic carbocycles. The van der Waals surface area contributed by atoms with Gasteiger partial charge in [-0.3, -0.25) is 14.3 Å². The van der Waals surface area contributed by atoms with Crippen molar-refractivity contribution in [3.63, 3.8) is 0 Å². The minimum Gasteiger partial charge on any atom is -0.507 e. The van der Waals surface area contributed by atoms with Crippen LogP contribution in [0.3, 0.4) is 0 Å². The molecule has 2 aromatic rings. The predicted octanol–water partition coefficient (Wildman–Crippen LogP) is 2.41. The summed E-state index contributed by atoms with van der Waals surface area (Å²) in [5, 5.41) is 15.5. The Bertz CT molecular complexity index is 960. The lowest BCUT2D eigenvalue weighted by molar-refractivity contribution is -0.139. The first kappa shape index (κ1) is 20.8. The van der Waals surface area contributed by atoms with Crippen LogP contribution in [0.2, 0.25) is 0 Å². The molecular formula is C22H28N4O3. The lowest BCUT2D eigenvalue weighted by Gasteiger charge is -2.26. The SMILES string of the molecule is Cc1nn(C)c(C)c1/C(O)=C1\C(=O)C(=O)N(CCCN(C)C)[C@H]1c1ccccc1. The first-order valence-corrected chi connectivity index (χ1v) is 9.72. The summed E-state index contributed by atoms with van der Waals surface area (Å²) in [7, 11) is 5.72. The lowest BCUT2D eigenvalue weighted by Crippen LogP contribution is -2.32. The molecule has 1 aromatic heterocycles. The molecule has 1 aromatic carbocycles. The van der Waals surface area contributed by atoms with Crippen molar-refractivity contribution in [2.45, 2.75) is 26.3 Å². The van der Waals surface area contributed by atoms with Crippen molar-refractivity contribution in [2.75, 3.05) is 27.2 Å². The van der Waals surface area contributed by atoms with Crippen molar-refractivity contribution in [3.05, 3.63) is 58.4 Å². The average molecular weight is 396 g/mol. The molecule has 0 unspecified atom stereocenters. The summed E-state index contributed by atoms with van der Waals surface area (Å²) in [5.74, 6) is -1.38. The second-order valence-electron chi connectivity index (χ2n) is 7.73. The van der Waals surface area contributed by atoms with E-state index in [2.05, 4.69) is 5.10 Å². The molecule has 0 bridgehead atoms. The van der Waals surface area contributed by atoms with E-state index in [1.54, 1.807) is 23.6 Å². The number of rotatable bonds is 6. The van der Waals surface area contributed by atoms with Gasteiger partial charge in [-0.05, 0) is 46.5 Å². The highest BCUT2D eigenvalue weighted by Crippen LogP contribution is 2.40. The Hall–Kier alpha value is -2.93. The number of carbonyl (C=O) groups excluding carboxylic acids is 2. The second-order valence-corrected chi connectivity index (χ2v) is 7.73. The third-order valence-electron chi connectivity index (χ3n) is 5.41. The van der Waals surface area contributed by atoms with Crippen LogP contribution < -0.4 is 0 Å². The van der Waals surface area contributed by atoms with E-state index >= 15 is 0 Å². The molecule has 154 valence electrons. The Labute approximate surface area is 171 Å². The number of ketones is 1. The van der Waals surface area contributed by atoms with Crippen molar-refractivity contribution in [3.8, 4) is 0 Å². The Morgan fingerprint density at radius 3 is 2.38 bits per heavy atom. The normalized spacial score (nSPS) is 18.8. The number of aromatic nitrogens is 2. The Kier molecular flexibility index (Phi) is 5.88. The van der Waals surface area contributed by atoms with Gasteiger partial charge in [0.1, 0.15) is 5.76 Å². The fourth-order valence-electron chi connectivity index (χ4n) is 3.90. The quantitative estimate of drug-likeness (QED) is 0.461. The lowest BCUT2D eigenvalue weighted by atomic mass is 9.94. The largest absolute Gasteiger partial charge is 0.507 e. The molecule has 2 heterocycles. The van der Waals surface area contributed by atoms with Crippen LogP contribution in [-0.2, 0) is 16.6 Å². The highest BCUT2D eigenvalue weighted by Gasteiger charge is 2.46. The van der Waals surface area contributed by atoms with E-state index < -0.39 is 17.7 Å². The van der Waals surface area contributed by atoms with Crippen LogP contribution in [0.1, 0.15) is 35.0 Å². The average Bonchev–Trinajstić information content (AvgIpc) is 3.08. The van der Waals surface area contributed by atoms with E-state index in [1.807, 2.05) is 56.3 Å². The van der Waals surface area contributed by atoms with E-state index in [-0.39, 0.29) is 11.3 Å². The Morgan fingerprint density at radius 2 is 1.83 bits per heavy atom. The third kappa shape index (κ3) is 3.82. The Morgan fingerprint density at radius 1 is 1.17 bits per heavy atom. The molecule has 0 saturated carbocycles. The Balaban J connectivity index is 2.13. The van der Waals surface area contributed by atoms with Crippen molar-refractivity contribution in [1.82, 2.24) is 19.6 Å². The minimum absolute atomic E-state index is 0.130. The van der Waals surface area contributed by atoms with Gasteiger partial charge in [-0.25, -0.2) is 0 Å². The van der Waals surface area contributed by atoms with Gasteiger partial charge in [-0.15, -0.1) is 0 Å². The van der Waals surface area contributed by atoms with Gasteiger partial charge in [0.2, 0.25) is 0 Å². The second kappa shape index (κ2) is 8.21. The van der Waals surface area contributed by atoms with Gasteiger partial charge in [0.05, 0.1) is 22.9 Å². The van der Waals surface area contributed by atoms with Gasteiger partial charge in [-0.1, -0.05) is 30.3 Å². The first-order chi connectivity index (χ1) is 13.7. The molecule has 1 aliphatic heterocycles. The highest BCUT2D eigenvalue weighted by molar-refractivity contribution is 6.46. The molecule has 1 saturated heterocycles. The molecule has 1 N–H and O–H groups in total. The van der Waals surface area contributed by atoms with Crippen LogP contribution in [-0.4, -0.2) is 63.6 Å². The van der Waals surface area contributed by atoms with Gasteiger partial charge in [0, 0.05) is 19.3 Å². The van der Waals surface area contributed by atoms with E-state index in [1.165, 1.54) is 0 Å². The van der Waals surface area contributed by atoms with Crippen LogP contribution in [0.25, 0.3) is 5.76 Å². The number of Topliss-reactive ketones (excluding diaryl/α,β-unsaturated/α-hetero) is 1. The maximum Gasteiger partial charge on any atom is 0.295 e. The molecular weight excluding hydrogens is 368 g/mol. The van der Waals surface area contributed by atoms with E-state index in [9.17, 15) is 14.7 Å². The highest BCUT2D eigenvalue weighted by atomic mass is 16.3. The zero-order chi connectivity index (χ0) is 21.3. The number of nitrogens with zero attached hydrogens (tertiary/aromatic N) is 4.